The number of hydrogen-bond acceptors (Lipinski definition) is 2. The Morgan fingerprint density at radius 1 is 1.00 bits per heavy atom. The normalized spacial score (nSPS) is 19.9. The van der Waals surface area contributed by atoms with E-state index in [1.54, 1.807) is 24.3 Å². The summed E-state index contributed by atoms with van der Waals surface area (Å²) in [5.41, 5.74) is 1.96. The third-order valence-electron chi connectivity index (χ3n) is 4.44. The molecule has 0 atom stereocenters. The number of rotatable bonds is 4. The summed E-state index contributed by atoms with van der Waals surface area (Å²) in [6.45, 7) is 2.07. The molecule has 0 unspecified atom stereocenters. The van der Waals surface area contributed by atoms with E-state index in [1.165, 1.54) is 5.56 Å². The van der Waals surface area contributed by atoms with Gasteiger partial charge in [0.25, 0.3) is 0 Å². The molecule has 2 aromatic rings. The molecule has 0 aromatic heterocycles. The van der Waals surface area contributed by atoms with Gasteiger partial charge in [0, 0.05) is 16.8 Å². The number of halogens is 1. The summed E-state index contributed by atoms with van der Waals surface area (Å²) in [4.78, 5) is 12.1. The van der Waals surface area contributed by atoms with Gasteiger partial charge >= 0.3 is 6.03 Å². The highest BCUT2D eigenvalue weighted by atomic mass is 35.5. The molecule has 2 N–H and O–H groups in total. The molecule has 0 bridgehead atoms. The van der Waals surface area contributed by atoms with Crippen LogP contribution >= 0.6 is 11.6 Å². The van der Waals surface area contributed by atoms with E-state index in [-0.39, 0.29) is 18.2 Å². The van der Waals surface area contributed by atoms with Gasteiger partial charge in [-0.25, -0.2) is 4.79 Å². The molecule has 1 fully saturated rings. The predicted molar refractivity (Wildman–Crippen MR) is 101 cm³/mol. The van der Waals surface area contributed by atoms with Crippen LogP contribution in [0.15, 0.2) is 48.5 Å². The Bertz CT molecular complexity index is 693. The molecular weight excluding hydrogens is 336 g/mol. The fourth-order valence-corrected chi connectivity index (χ4v) is 3.15. The van der Waals surface area contributed by atoms with Gasteiger partial charge in [0.1, 0.15) is 5.75 Å². The van der Waals surface area contributed by atoms with Crippen molar-refractivity contribution in [2.45, 2.75) is 44.8 Å². The van der Waals surface area contributed by atoms with E-state index >= 15 is 0 Å². The zero-order chi connectivity index (χ0) is 17.6. The van der Waals surface area contributed by atoms with Crippen molar-refractivity contribution >= 4 is 23.3 Å². The number of ether oxygens (including phenoxy) is 1. The number of hydrogen-bond donors (Lipinski definition) is 2. The van der Waals surface area contributed by atoms with Gasteiger partial charge in [0.15, 0.2) is 0 Å². The number of carbonyl (C=O) groups excluding carboxylic acids is 1. The van der Waals surface area contributed by atoms with Crippen molar-refractivity contribution in [1.82, 2.24) is 5.32 Å². The highest BCUT2D eigenvalue weighted by Crippen LogP contribution is 2.24. The SMILES string of the molecule is Cc1ccc(OC2CCC(NC(=O)Nc3ccc(Cl)cc3)CC2)cc1. The minimum Gasteiger partial charge on any atom is -0.490 e. The van der Waals surface area contributed by atoms with Gasteiger partial charge in [-0.05, 0) is 69.0 Å². The van der Waals surface area contributed by atoms with Crippen molar-refractivity contribution in [1.29, 1.82) is 0 Å². The van der Waals surface area contributed by atoms with Gasteiger partial charge in [-0.15, -0.1) is 0 Å². The molecule has 0 aliphatic heterocycles. The smallest absolute Gasteiger partial charge is 0.319 e. The first-order valence-corrected chi connectivity index (χ1v) is 9.03. The number of amides is 2. The molecule has 25 heavy (non-hydrogen) atoms. The summed E-state index contributed by atoms with van der Waals surface area (Å²) in [6.07, 6.45) is 3.95. The maximum atomic E-state index is 12.1. The zero-order valence-electron chi connectivity index (χ0n) is 14.3. The van der Waals surface area contributed by atoms with E-state index in [0.717, 1.165) is 37.1 Å². The van der Waals surface area contributed by atoms with Gasteiger partial charge in [-0.3, -0.25) is 0 Å². The summed E-state index contributed by atoms with van der Waals surface area (Å²) >= 11 is 5.84. The Labute approximate surface area is 153 Å². The minimum absolute atomic E-state index is 0.176. The largest absolute Gasteiger partial charge is 0.490 e. The first kappa shape index (κ1) is 17.6. The minimum atomic E-state index is -0.176. The molecule has 0 radical (unpaired) electrons. The number of urea groups is 1. The third kappa shape index (κ3) is 5.40. The first-order valence-electron chi connectivity index (χ1n) is 8.65. The Morgan fingerprint density at radius 3 is 2.28 bits per heavy atom. The number of carbonyl (C=O) groups is 1. The second kappa shape index (κ2) is 8.26. The Kier molecular flexibility index (Phi) is 5.82. The Hall–Kier alpha value is -2.20. The second-order valence-electron chi connectivity index (χ2n) is 6.51. The Balaban J connectivity index is 1.42. The van der Waals surface area contributed by atoms with Crippen LogP contribution in [-0.2, 0) is 0 Å². The van der Waals surface area contributed by atoms with Crippen molar-refractivity contribution in [3.8, 4) is 5.75 Å². The highest BCUT2D eigenvalue weighted by molar-refractivity contribution is 6.30. The van der Waals surface area contributed by atoms with Crippen molar-refractivity contribution in [3.63, 3.8) is 0 Å². The molecule has 0 heterocycles. The third-order valence-corrected chi connectivity index (χ3v) is 4.69. The average Bonchev–Trinajstić information content (AvgIpc) is 2.61. The number of nitrogens with one attached hydrogen (secondary N) is 2. The topological polar surface area (TPSA) is 50.4 Å². The highest BCUT2D eigenvalue weighted by Gasteiger charge is 2.23. The van der Waals surface area contributed by atoms with Gasteiger partial charge in [0.2, 0.25) is 0 Å². The van der Waals surface area contributed by atoms with Crippen LogP contribution in [0, 0.1) is 6.92 Å². The molecule has 1 aliphatic rings. The molecule has 5 heteroatoms. The molecule has 2 aromatic carbocycles. The van der Waals surface area contributed by atoms with Crippen LogP contribution in [0.3, 0.4) is 0 Å². The van der Waals surface area contributed by atoms with Crippen molar-refractivity contribution < 1.29 is 9.53 Å². The molecule has 1 aliphatic carbocycles. The van der Waals surface area contributed by atoms with Gasteiger partial charge in [-0.1, -0.05) is 29.3 Å². The maximum absolute atomic E-state index is 12.1. The van der Waals surface area contributed by atoms with Gasteiger partial charge in [-0.2, -0.15) is 0 Å². The van der Waals surface area contributed by atoms with E-state index in [4.69, 9.17) is 16.3 Å². The van der Waals surface area contributed by atoms with Crippen LogP contribution < -0.4 is 15.4 Å². The lowest BCUT2D eigenvalue weighted by molar-refractivity contribution is 0.141. The quantitative estimate of drug-likeness (QED) is 0.793. The standard InChI is InChI=1S/C20H23ClN2O2/c1-14-2-10-18(11-3-14)25-19-12-8-17(9-13-19)23-20(24)22-16-6-4-15(21)5-7-16/h2-7,10-11,17,19H,8-9,12-13H2,1H3,(H2,22,23,24). The molecule has 132 valence electrons. The summed E-state index contributed by atoms with van der Waals surface area (Å²) < 4.78 is 6.03. The van der Waals surface area contributed by atoms with Gasteiger partial charge in [0.05, 0.1) is 6.10 Å². The molecule has 1 saturated carbocycles. The van der Waals surface area contributed by atoms with Crippen LogP contribution in [0.2, 0.25) is 5.02 Å². The molecule has 0 saturated heterocycles. The van der Waals surface area contributed by atoms with Crippen LogP contribution in [0.4, 0.5) is 10.5 Å². The lowest BCUT2D eigenvalue weighted by atomic mass is 9.93. The predicted octanol–water partition coefficient (Wildman–Crippen LogP) is 5.16. The van der Waals surface area contributed by atoms with Crippen LogP contribution in [-0.4, -0.2) is 18.2 Å². The second-order valence-corrected chi connectivity index (χ2v) is 6.95. The van der Waals surface area contributed by atoms with Crippen molar-refractivity contribution in [3.05, 3.63) is 59.1 Å². The van der Waals surface area contributed by atoms with E-state index in [1.807, 2.05) is 12.1 Å². The molecule has 0 spiro atoms. The molecule has 4 nitrogen and oxygen atoms in total. The Morgan fingerprint density at radius 2 is 1.64 bits per heavy atom. The summed E-state index contributed by atoms with van der Waals surface area (Å²) in [5, 5.41) is 6.52. The fourth-order valence-electron chi connectivity index (χ4n) is 3.02. The van der Waals surface area contributed by atoms with E-state index in [2.05, 4.69) is 29.7 Å². The van der Waals surface area contributed by atoms with E-state index in [0.29, 0.717) is 5.02 Å². The number of aryl methyl sites for hydroxylation is 1. The van der Waals surface area contributed by atoms with Crippen LogP contribution in [0.25, 0.3) is 0 Å². The fraction of sp³-hybridized carbons (Fsp3) is 0.350. The summed E-state index contributed by atoms with van der Waals surface area (Å²) in [5.74, 6) is 0.919. The zero-order valence-corrected chi connectivity index (χ0v) is 15.1. The maximum Gasteiger partial charge on any atom is 0.319 e. The van der Waals surface area contributed by atoms with Crippen molar-refractivity contribution in [2.24, 2.45) is 0 Å². The summed E-state index contributed by atoms with van der Waals surface area (Å²) in [6, 6.07) is 15.2. The lowest BCUT2D eigenvalue weighted by Crippen LogP contribution is -2.41. The van der Waals surface area contributed by atoms with Crippen LogP contribution in [0.5, 0.6) is 5.75 Å². The number of benzene rings is 2. The number of anilines is 1. The lowest BCUT2D eigenvalue weighted by Gasteiger charge is -2.29. The first-order chi connectivity index (χ1) is 12.1. The average molecular weight is 359 g/mol. The summed E-state index contributed by atoms with van der Waals surface area (Å²) in [7, 11) is 0. The van der Waals surface area contributed by atoms with Gasteiger partial charge < -0.3 is 15.4 Å². The van der Waals surface area contributed by atoms with Crippen LogP contribution in [0.1, 0.15) is 31.2 Å². The molecule has 2 amide bonds. The van der Waals surface area contributed by atoms with E-state index < -0.39 is 0 Å². The van der Waals surface area contributed by atoms with E-state index in [9.17, 15) is 4.79 Å². The molecule has 3 rings (SSSR count). The molecular formula is C20H23ClN2O2. The van der Waals surface area contributed by atoms with Crippen molar-refractivity contribution in [2.75, 3.05) is 5.32 Å². The monoisotopic (exact) mass is 358 g/mol.